The third-order valence-corrected chi connectivity index (χ3v) is 3.24. The van der Waals surface area contributed by atoms with Gasteiger partial charge >= 0.3 is 0 Å². The summed E-state index contributed by atoms with van der Waals surface area (Å²) >= 11 is 9.40. The summed E-state index contributed by atoms with van der Waals surface area (Å²) in [5.74, 6) is 1.05. The highest BCUT2D eigenvalue weighted by Gasteiger charge is 2.13. The van der Waals surface area contributed by atoms with Crippen molar-refractivity contribution in [2.45, 2.75) is 26.2 Å². The van der Waals surface area contributed by atoms with Crippen molar-refractivity contribution >= 4 is 27.5 Å². The lowest BCUT2D eigenvalue weighted by molar-refractivity contribution is 0.200. The molecule has 0 unspecified atom stereocenters. The minimum Gasteiger partial charge on any atom is -0.384 e. The minimum absolute atomic E-state index is 0.321. The summed E-state index contributed by atoms with van der Waals surface area (Å²) < 4.78 is 5.77. The topological polar surface area (TPSA) is 35.0 Å². The van der Waals surface area contributed by atoms with Crippen LogP contribution in [-0.4, -0.2) is 23.7 Å². The van der Waals surface area contributed by atoms with E-state index in [9.17, 15) is 0 Å². The Labute approximate surface area is 103 Å². The van der Waals surface area contributed by atoms with Crippen molar-refractivity contribution in [3.63, 3.8) is 0 Å². The van der Waals surface area contributed by atoms with Crippen molar-refractivity contribution in [2.75, 3.05) is 13.7 Å². The normalized spacial score (nSPS) is 11.1. The molecule has 0 spiro atoms. The smallest absolute Gasteiger partial charge is 0.147 e. The Morgan fingerprint density at radius 3 is 2.60 bits per heavy atom. The quantitative estimate of drug-likeness (QED) is 0.800. The Bertz CT molecular complexity index is 344. The van der Waals surface area contributed by atoms with Crippen LogP contribution in [0, 0.1) is 0 Å². The van der Waals surface area contributed by atoms with Crippen LogP contribution in [0.3, 0.4) is 0 Å². The van der Waals surface area contributed by atoms with E-state index in [0.29, 0.717) is 24.1 Å². The number of methoxy groups -OCH3 is 1. The van der Waals surface area contributed by atoms with Crippen LogP contribution >= 0.6 is 27.5 Å². The third-order valence-electron chi connectivity index (χ3n) is 1.96. The van der Waals surface area contributed by atoms with Crippen LogP contribution in [0.25, 0.3) is 0 Å². The fraction of sp³-hybridized carbons (Fsp3) is 0.600. The first-order chi connectivity index (χ1) is 7.06. The molecule has 1 heterocycles. The van der Waals surface area contributed by atoms with E-state index < -0.39 is 0 Å². The van der Waals surface area contributed by atoms with Crippen LogP contribution in [-0.2, 0) is 11.2 Å². The molecule has 1 aromatic rings. The number of hydrogen-bond donors (Lipinski definition) is 0. The van der Waals surface area contributed by atoms with Crippen molar-refractivity contribution in [1.29, 1.82) is 0 Å². The molecular weight excluding hydrogens is 279 g/mol. The second-order valence-electron chi connectivity index (χ2n) is 3.53. The summed E-state index contributed by atoms with van der Waals surface area (Å²) in [5.41, 5.74) is 0.945. The van der Waals surface area contributed by atoms with Gasteiger partial charge in [0, 0.05) is 13.5 Å². The first-order valence-corrected chi connectivity index (χ1v) is 5.94. The number of aromatic nitrogens is 2. The molecule has 0 aliphatic carbocycles. The molecule has 0 saturated carbocycles. The van der Waals surface area contributed by atoms with Crippen molar-refractivity contribution in [1.82, 2.24) is 9.97 Å². The van der Waals surface area contributed by atoms with Gasteiger partial charge in [-0.1, -0.05) is 25.4 Å². The number of nitrogens with zero attached hydrogens (tertiary/aromatic N) is 2. The second kappa shape index (κ2) is 5.77. The summed E-state index contributed by atoms with van der Waals surface area (Å²) in [6.45, 7) is 4.75. The molecule has 5 heteroatoms. The highest BCUT2D eigenvalue weighted by molar-refractivity contribution is 9.10. The van der Waals surface area contributed by atoms with Gasteiger partial charge in [0.1, 0.15) is 11.0 Å². The van der Waals surface area contributed by atoms with Crippen LogP contribution in [0.15, 0.2) is 4.47 Å². The van der Waals surface area contributed by atoms with Crippen molar-refractivity contribution < 1.29 is 4.74 Å². The SMILES string of the molecule is COCCc1nc(Cl)c(Br)c(C(C)C)n1. The maximum atomic E-state index is 6.00. The Hall–Kier alpha value is -0.190. The molecule has 0 N–H and O–H groups in total. The van der Waals surface area contributed by atoms with Gasteiger partial charge < -0.3 is 4.74 Å². The maximum Gasteiger partial charge on any atom is 0.147 e. The fourth-order valence-corrected chi connectivity index (χ4v) is 2.00. The van der Waals surface area contributed by atoms with E-state index >= 15 is 0 Å². The van der Waals surface area contributed by atoms with Crippen molar-refractivity contribution in [3.05, 3.63) is 21.1 Å². The molecule has 1 rings (SSSR count). The Morgan fingerprint density at radius 2 is 2.07 bits per heavy atom. The van der Waals surface area contributed by atoms with Crippen LogP contribution in [0.4, 0.5) is 0 Å². The van der Waals surface area contributed by atoms with Gasteiger partial charge in [0.05, 0.1) is 16.8 Å². The first-order valence-electron chi connectivity index (χ1n) is 4.77. The monoisotopic (exact) mass is 292 g/mol. The van der Waals surface area contributed by atoms with Crippen LogP contribution in [0.1, 0.15) is 31.3 Å². The molecular formula is C10H14BrClN2O. The van der Waals surface area contributed by atoms with E-state index in [1.807, 2.05) is 0 Å². The van der Waals surface area contributed by atoms with Gasteiger partial charge in [-0.3, -0.25) is 0 Å². The lowest BCUT2D eigenvalue weighted by atomic mass is 10.1. The predicted octanol–water partition coefficient (Wildman–Crippen LogP) is 3.20. The van der Waals surface area contributed by atoms with E-state index in [0.717, 1.165) is 16.0 Å². The molecule has 84 valence electrons. The van der Waals surface area contributed by atoms with Gasteiger partial charge in [-0.15, -0.1) is 0 Å². The highest BCUT2D eigenvalue weighted by atomic mass is 79.9. The molecule has 0 aromatic carbocycles. The fourth-order valence-electron chi connectivity index (χ4n) is 1.17. The van der Waals surface area contributed by atoms with E-state index in [1.165, 1.54) is 0 Å². The third kappa shape index (κ3) is 3.40. The van der Waals surface area contributed by atoms with Gasteiger partial charge in [-0.25, -0.2) is 9.97 Å². The van der Waals surface area contributed by atoms with Crippen LogP contribution < -0.4 is 0 Å². The lowest BCUT2D eigenvalue weighted by Crippen LogP contribution is -2.06. The molecule has 0 bridgehead atoms. The molecule has 0 radical (unpaired) electrons. The average Bonchev–Trinajstić information content (AvgIpc) is 2.19. The van der Waals surface area contributed by atoms with Gasteiger partial charge in [-0.05, 0) is 21.8 Å². The zero-order chi connectivity index (χ0) is 11.4. The number of rotatable bonds is 4. The molecule has 1 aromatic heterocycles. The summed E-state index contributed by atoms with van der Waals surface area (Å²) in [5, 5.41) is 0.472. The molecule has 0 fully saturated rings. The molecule has 0 atom stereocenters. The zero-order valence-corrected chi connectivity index (χ0v) is 11.4. The summed E-state index contributed by atoms with van der Waals surface area (Å²) in [7, 11) is 1.66. The van der Waals surface area contributed by atoms with Crippen LogP contribution in [0.2, 0.25) is 5.15 Å². The van der Waals surface area contributed by atoms with E-state index in [1.54, 1.807) is 7.11 Å². The van der Waals surface area contributed by atoms with Crippen molar-refractivity contribution in [3.8, 4) is 0 Å². The minimum atomic E-state index is 0.321. The molecule has 0 aliphatic heterocycles. The molecule has 0 aliphatic rings. The zero-order valence-electron chi connectivity index (χ0n) is 9.05. The predicted molar refractivity (Wildman–Crippen MR) is 64.4 cm³/mol. The molecule has 3 nitrogen and oxygen atoms in total. The van der Waals surface area contributed by atoms with Crippen molar-refractivity contribution in [2.24, 2.45) is 0 Å². The highest BCUT2D eigenvalue weighted by Crippen LogP contribution is 2.28. The molecule has 0 saturated heterocycles. The molecule has 15 heavy (non-hydrogen) atoms. The Kier molecular flexibility index (Phi) is 4.96. The molecule has 0 amide bonds. The summed E-state index contributed by atoms with van der Waals surface area (Å²) in [6.07, 6.45) is 0.684. The summed E-state index contributed by atoms with van der Waals surface area (Å²) in [4.78, 5) is 8.63. The standard InChI is InChI=1S/C10H14BrClN2O/c1-6(2)9-8(11)10(12)14-7(13-9)4-5-15-3/h6H,4-5H2,1-3H3. The van der Waals surface area contributed by atoms with E-state index in [2.05, 4.69) is 39.7 Å². The average molecular weight is 294 g/mol. The second-order valence-corrected chi connectivity index (χ2v) is 4.68. The largest absolute Gasteiger partial charge is 0.384 e. The summed E-state index contributed by atoms with van der Waals surface area (Å²) in [6, 6.07) is 0. The van der Waals surface area contributed by atoms with Gasteiger partial charge in [-0.2, -0.15) is 0 Å². The van der Waals surface area contributed by atoms with Gasteiger partial charge in [0.15, 0.2) is 0 Å². The van der Waals surface area contributed by atoms with E-state index in [-0.39, 0.29) is 0 Å². The first kappa shape index (κ1) is 12.9. The van der Waals surface area contributed by atoms with Gasteiger partial charge in [0.25, 0.3) is 0 Å². The van der Waals surface area contributed by atoms with Crippen LogP contribution in [0.5, 0.6) is 0 Å². The lowest BCUT2D eigenvalue weighted by Gasteiger charge is -2.10. The maximum absolute atomic E-state index is 6.00. The Balaban J connectivity index is 3.00. The van der Waals surface area contributed by atoms with Gasteiger partial charge in [0.2, 0.25) is 0 Å². The number of ether oxygens (including phenoxy) is 1. The number of halogens is 2. The number of hydrogen-bond acceptors (Lipinski definition) is 3. The van der Waals surface area contributed by atoms with E-state index in [4.69, 9.17) is 16.3 Å². The Morgan fingerprint density at radius 1 is 1.40 bits per heavy atom.